The van der Waals surface area contributed by atoms with Crippen LogP contribution in [-0.4, -0.2) is 25.3 Å². The highest BCUT2D eigenvalue weighted by atomic mass is 19.4. The van der Waals surface area contributed by atoms with E-state index in [1.807, 2.05) is 6.92 Å². The van der Waals surface area contributed by atoms with Crippen LogP contribution in [0.25, 0.3) is 0 Å². The number of benzene rings is 1. The topological polar surface area (TPSA) is 38.3 Å². The first kappa shape index (κ1) is 17.5. The number of halogens is 3. The molecule has 6 heteroatoms. The molecule has 1 N–H and O–H groups in total. The molecule has 0 fully saturated rings. The molecule has 0 bridgehead atoms. The molecule has 0 spiro atoms. The Kier molecular flexibility index (Phi) is 5.78. The molecule has 1 unspecified atom stereocenters. The van der Waals surface area contributed by atoms with E-state index >= 15 is 0 Å². The Morgan fingerprint density at radius 2 is 1.76 bits per heavy atom. The maximum Gasteiger partial charge on any atom is 0.401 e. The quantitative estimate of drug-likeness (QED) is 0.819. The van der Waals surface area contributed by atoms with E-state index < -0.39 is 24.2 Å². The third-order valence-electron chi connectivity index (χ3n) is 3.29. The van der Waals surface area contributed by atoms with Crippen LogP contribution in [0, 0.1) is 6.92 Å². The van der Waals surface area contributed by atoms with Gasteiger partial charge in [0.15, 0.2) is 0 Å². The van der Waals surface area contributed by atoms with Gasteiger partial charge in [-0.25, -0.2) is 4.79 Å². The predicted molar refractivity (Wildman–Crippen MR) is 73.8 cm³/mol. The van der Waals surface area contributed by atoms with Crippen LogP contribution in [0.4, 0.5) is 13.2 Å². The molecule has 1 atom stereocenters. The third-order valence-corrected chi connectivity index (χ3v) is 3.29. The summed E-state index contributed by atoms with van der Waals surface area (Å²) in [7, 11) is 0. The summed E-state index contributed by atoms with van der Waals surface area (Å²) in [6.45, 7) is 4.00. The van der Waals surface area contributed by atoms with Crippen molar-refractivity contribution in [2.24, 2.45) is 0 Å². The second-order valence-corrected chi connectivity index (χ2v) is 4.81. The number of alkyl halides is 3. The van der Waals surface area contributed by atoms with Gasteiger partial charge in [0.25, 0.3) is 0 Å². The Balaban J connectivity index is 3.18. The maximum atomic E-state index is 12.5. The van der Waals surface area contributed by atoms with Crippen molar-refractivity contribution >= 4 is 5.97 Å². The number of esters is 1. The first-order chi connectivity index (χ1) is 9.75. The van der Waals surface area contributed by atoms with E-state index in [1.54, 1.807) is 38.1 Å². The Bertz CT molecular complexity index is 471. The minimum absolute atomic E-state index is 0.111. The zero-order valence-electron chi connectivity index (χ0n) is 12.4. The minimum Gasteiger partial charge on any atom is -0.464 e. The number of carbonyl (C=O) groups excluding carboxylic acids is 1. The highest BCUT2D eigenvalue weighted by Crippen LogP contribution is 2.29. The first-order valence-corrected chi connectivity index (χ1v) is 6.81. The molecule has 0 saturated carbocycles. The van der Waals surface area contributed by atoms with Gasteiger partial charge in [-0.15, -0.1) is 0 Å². The number of hydrogen-bond donors (Lipinski definition) is 1. The lowest BCUT2D eigenvalue weighted by Crippen LogP contribution is -2.52. The fraction of sp³-hybridized carbons (Fsp3) is 0.533. The summed E-state index contributed by atoms with van der Waals surface area (Å²) < 4.78 is 42.6. The van der Waals surface area contributed by atoms with E-state index in [0.29, 0.717) is 5.56 Å². The van der Waals surface area contributed by atoms with Crippen LogP contribution in [-0.2, 0) is 15.1 Å². The predicted octanol–water partition coefficient (Wildman–Crippen LogP) is 3.32. The molecule has 0 heterocycles. The second-order valence-electron chi connectivity index (χ2n) is 4.81. The molecule has 0 saturated heterocycles. The van der Waals surface area contributed by atoms with Crippen LogP contribution in [0.15, 0.2) is 24.3 Å². The Hall–Kier alpha value is -1.56. The van der Waals surface area contributed by atoms with Gasteiger partial charge < -0.3 is 4.74 Å². The summed E-state index contributed by atoms with van der Waals surface area (Å²) in [5.74, 6) is -0.694. The molecule has 21 heavy (non-hydrogen) atoms. The molecule has 0 aliphatic carbocycles. The van der Waals surface area contributed by atoms with Gasteiger partial charge in [0.2, 0.25) is 0 Å². The van der Waals surface area contributed by atoms with Crippen LogP contribution >= 0.6 is 0 Å². The molecule has 0 aliphatic heterocycles. The Labute approximate surface area is 122 Å². The molecule has 1 rings (SSSR count). The zero-order chi connectivity index (χ0) is 16.1. The number of aryl methyl sites for hydroxylation is 1. The Morgan fingerprint density at radius 1 is 1.19 bits per heavy atom. The van der Waals surface area contributed by atoms with Gasteiger partial charge in [0.1, 0.15) is 5.54 Å². The first-order valence-electron chi connectivity index (χ1n) is 6.81. The van der Waals surface area contributed by atoms with E-state index in [9.17, 15) is 18.0 Å². The number of ether oxygens (including phenoxy) is 1. The number of hydrogen-bond acceptors (Lipinski definition) is 3. The summed E-state index contributed by atoms with van der Waals surface area (Å²) in [6.07, 6.45) is -4.25. The zero-order valence-corrected chi connectivity index (χ0v) is 12.4. The fourth-order valence-corrected chi connectivity index (χ4v) is 2.11. The summed E-state index contributed by atoms with van der Waals surface area (Å²) in [4.78, 5) is 12.2. The van der Waals surface area contributed by atoms with Crippen LogP contribution in [0.2, 0.25) is 0 Å². The maximum absolute atomic E-state index is 12.5. The van der Waals surface area contributed by atoms with Gasteiger partial charge in [-0.3, -0.25) is 5.32 Å². The summed E-state index contributed by atoms with van der Waals surface area (Å²) in [6, 6.07) is 6.82. The third kappa shape index (κ3) is 4.46. The normalized spacial score (nSPS) is 14.6. The molecule has 0 amide bonds. The highest BCUT2D eigenvalue weighted by molar-refractivity contribution is 5.82. The average Bonchev–Trinajstić information content (AvgIpc) is 2.41. The molecule has 3 nitrogen and oxygen atoms in total. The van der Waals surface area contributed by atoms with Gasteiger partial charge in [0.05, 0.1) is 13.2 Å². The van der Waals surface area contributed by atoms with Crippen molar-refractivity contribution in [3.63, 3.8) is 0 Å². The van der Waals surface area contributed by atoms with Crippen molar-refractivity contribution in [3.8, 4) is 0 Å². The van der Waals surface area contributed by atoms with E-state index in [4.69, 9.17) is 4.74 Å². The standard InChI is InChI=1S/C15H20F3NO2/c1-4-14(13(20)21-5-2,19-10-15(16,17)18)12-8-6-11(3)7-9-12/h6-9,19H,4-5,10H2,1-3H3. The molecule has 1 aromatic carbocycles. The second kappa shape index (κ2) is 6.93. The van der Waals surface area contributed by atoms with Crippen LogP contribution in [0.5, 0.6) is 0 Å². The SMILES string of the molecule is CCOC(=O)C(CC)(NCC(F)(F)F)c1ccc(C)cc1. The smallest absolute Gasteiger partial charge is 0.401 e. The van der Waals surface area contributed by atoms with Gasteiger partial charge in [-0.05, 0) is 25.8 Å². The van der Waals surface area contributed by atoms with Crippen molar-refractivity contribution in [1.82, 2.24) is 5.32 Å². The summed E-state index contributed by atoms with van der Waals surface area (Å²) >= 11 is 0. The molecule has 0 radical (unpaired) electrons. The fourth-order valence-electron chi connectivity index (χ4n) is 2.11. The van der Waals surface area contributed by atoms with Crippen molar-refractivity contribution in [2.75, 3.05) is 13.2 Å². The van der Waals surface area contributed by atoms with Gasteiger partial charge >= 0.3 is 12.1 Å². The monoisotopic (exact) mass is 303 g/mol. The van der Waals surface area contributed by atoms with E-state index in [1.165, 1.54) is 0 Å². The van der Waals surface area contributed by atoms with Gasteiger partial charge in [0, 0.05) is 0 Å². The van der Waals surface area contributed by atoms with E-state index in [-0.39, 0.29) is 13.0 Å². The minimum atomic E-state index is -4.41. The van der Waals surface area contributed by atoms with Crippen molar-refractivity contribution in [2.45, 2.75) is 38.9 Å². The van der Waals surface area contributed by atoms with Crippen LogP contribution in [0.3, 0.4) is 0 Å². The highest BCUT2D eigenvalue weighted by Gasteiger charge is 2.42. The van der Waals surface area contributed by atoms with Crippen molar-refractivity contribution in [3.05, 3.63) is 35.4 Å². The molecule has 0 aliphatic rings. The van der Waals surface area contributed by atoms with Gasteiger partial charge in [-0.1, -0.05) is 36.8 Å². The molecule has 118 valence electrons. The molecule has 0 aromatic heterocycles. The molecule has 1 aromatic rings. The largest absolute Gasteiger partial charge is 0.464 e. The number of nitrogens with one attached hydrogen (secondary N) is 1. The van der Waals surface area contributed by atoms with Crippen molar-refractivity contribution < 1.29 is 22.7 Å². The van der Waals surface area contributed by atoms with Crippen LogP contribution < -0.4 is 5.32 Å². The summed E-state index contributed by atoms with van der Waals surface area (Å²) in [5.41, 5.74) is -0.0547. The summed E-state index contributed by atoms with van der Waals surface area (Å²) in [5, 5.41) is 2.34. The number of rotatable bonds is 6. The molecular formula is C15H20F3NO2. The average molecular weight is 303 g/mol. The van der Waals surface area contributed by atoms with E-state index in [2.05, 4.69) is 5.32 Å². The lowest BCUT2D eigenvalue weighted by Gasteiger charge is -2.32. The van der Waals surface area contributed by atoms with Gasteiger partial charge in [-0.2, -0.15) is 13.2 Å². The van der Waals surface area contributed by atoms with E-state index in [0.717, 1.165) is 5.56 Å². The van der Waals surface area contributed by atoms with Crippen molar-refractivity contribution in [1.29, 1.82) is 0 Å². The van der Waals surface area contributed by atoms with Crippen LogP contribution in [0.1, 0.15) is 31.4 Å². The molecular weight excluding hydrogens is 283 g/mol. The number of carbonyl (C=O) groups is 1. The lowest BCUT2D eigenvalue weighted by molar-refractivity contribution is -0.156. The Morgan fingerprint density at radius 3 is 2.19 bits per heavy atom. The lowest BCUT2D eigenvalue weighted by atomic mass is 9.86.